The van der Waals surface area contributed by atoms with Crippen LogP contribution in [0, 0.1) is 5.41 Å². The first-order chi connectivity index (χ1) is 7.37. The summed E-state index contributed by atoms with van der Waals surface area (Å²) >= 11 is 0. The molecule has 1 heterocycles. The molecular formula is C9H16N4O2S. The van der Waals surface area contributed by atoms with Gasteiger partial charge in [0.2, 0.25) is 0 Å². The Hall–Kier alpha value is -0.920. The van der Waals surface area contributed by atoms with Gasteiger partial charge in [0.25, 0.3) is 10.0 Å². The van der Waals surface area contributed by atoms with E-state index in [0.29, 0.717) is 5.56 Å². The molecule has 0 bridgehead atoms. The van der Waals surface area contributed by atoms with E-state index < -0.39 is 10.0 Å². The topological polar surface area (TPSA) is 101 Å². The molecule has 1 aromatic rings. The number of aromatic amines is 1. The van der Waals surface area contributed by atoms with Crippen molar-refractivity contribution in [1.29, 1.82) is 0 Å². The van der Waals surface area contributed by atoms with Crippen LogP contribution in [0.5, 0.6) is 0 Å². The molecule has 16 heavy (non-hydrogen) atoms. The molecule has 0 spiro atoms. The van der Waals surface area contributed by atoms with Gasteiger partial charge in [-0.3, -0.25) is 5.10 Å². The Bertz CT molecular complexity index is 491. The van der Waals surface area contributed by atoms with E-state index in [2.05, 4.69) is 14.9 Å². The number of hydrogen-bond donors (Lipinski definition) is 3. The molecule has 0 aliphatic heterocycles. The highest BCUT2D eigenvalue weighted by Gasteiger charge is 2.48. The molecule has 1 unspecified atom stereocenters. The average Bonchev–Trinajstić information content (AvgIpc) is 2.67. The Morgan fingerprint density at radius 3 is 2.81 bits per heavy atom. The summed E-state index contributed by atoms with van der Waals surface area (Å²) in [6, 6.07) is 0.00595. The maximum atomic E-state index is 12.0. The maximum Gasteiger partial charge on any atom is 0.258 e. The Morgan fingerprint density at radius 1 is 1.69 bits per heavy atom. The van der Waals surface area contributed by atoms with Crippen LogP contribution in [0.1, 0.15) is 25.8 Å². The zero-order valence-electron chi connectivity index (χ0n) is 9.32. The van der Waals surface area contributed by atoms with E-state index in [4.69, 9.17) is 5.73 Å². The molecule has 1 aliphatic carbocycles. The smallest absolute Gasteiger partial charge is 0.258 e. The van der Waals surface area contributed by atoms with Gasteiger partial charge in [-0.05, 0) is 11.8 Å². The van der Waals surface area contributed by atoms with Crippen molar-refractivity contribution in [3.63, 3.8) is 0 Å². The molecule has 0 aromatic carbocycles. The summed E-state index contributed by atoms with van der Waals surface area (Å²) in [5.74, 6) is 0. The lowest BCUT2D eigenvalue weighted by molar-refractivity contribution is 0.551. The van der Waals surface area contributed by atoms with Crippen LogP contribution in [-0.4, -0.2) is 24.7 Å². The van der Waals surface area contributed by atoms with E-state index >= 15 is 0 Å². The van der Waals surface area contributed by atoms with Gasteiger partial charge in [-0.2, -0.15) is 5.10 Å². The van der Waals surface area contributed by atoms with E-state index in [1.165, 1.54) is 6.20 Å². The predicted molar refractivity (Wildman–Crippen MR) is 59.0 cm³/mol. The summed E-state index contributed by atoms with van der Waals surface area (Å²) in [5.41, 5.74) is 6.00. The van der Waals surface area contributed by atoms with Crippen LogP contribution in [0.15, 0.2) is 11.2 Å². The molecular weight excluding hydrogens is 228 g/mol. The third kappa shape index (κ3) is 1.98. The van der Waals surface area contributed by atoms with Gasteiger partial charge >= 0.3 is 0 Å². The molecule has 1 aromatic heterocycles. The van der Waals surface area contributed by atoms with Crippen LogP contribution >= 0.6 is 0 Å². The Labute approximate surface area is 94.7 Å². The third-order valence-corrected chi connectivity index (χ3v) is 4.46. The minimum Gasteiger partial charge on any atom is -0.326 e. The number of aromatic nitrogens is 2. The van der Waals surface area contributed by atoms with E-state index in [1.54, 1.807) is 0 Å². The van der Waals surface area contributed by atoms with Crippen LogP contribution < -0.4 is 10.5 Å². The van der Waals surface area contributed by atoms with E-state index in [9.17, 15) is 8.42 Å². The first-order valence-electron chi connectivity index (χ1n) is 5.11. The van der Waals surface area contributed by atoms with Gasteiger partial charge in [0.15, 0.2) is 5.03 Å². The molecule has 0 amide bonds. The van der Waals surface area contributed by atoms with E-state index in [0.717, 1.165) is 6.42 Å². The van der Waals surface area contributed by atoms with Gasteiger partial charge in [-0.25, -0.2) is 13.1 Å². The number of nitrogens with one attached hydrogen (secondary N) is 2. The van der Waals surface area contributed by atoms with Crippen LogP contribution in [0.2, 0.25) is 0 Å². The standard InChI is InChI=1S/C9H16N4O2S/c1-9(2)3-7(9)13-16(14,15)8-6(4-10)5-11-12-8/h5,7,13H,3-4,10H2,1-2H3,(H,11,12). The first-order valence-corrected chi connectivity index (χ1v) is 6.60. The summed E-state index contributed by atoms with van der Waals surface area (Å²) in [4.78, 5) is 0. The minimum atomic E-state index is -3.52. The molecule has 1 aliphatic rings. The van der Waals surface area contributed by atoms with Gasteiger partial charge in [-0.15, -0.1) is 0 Å². The second-order valence-corrected chi connectivity index (χ2v) is 6.45. The molecule has 1 atom stereocenters. The molecule has 0 saturated heterocycles. The lowest BCUT2D eigenvalue weighted by atomic mass is 10.2. The van der Waals surface area contributed by atoms with Crippen molar-refractivity contribution in [2.45, 2.75) is 37.9 Å². The lowest BCUT2D eigenvalue weighted by Gasteiger charge is -2.07. The number of H-pyrrole nitrogens is 1. The van der Waals surface area contributed by atoms with Crippen molar-refractivity contribution in [1.82, 2.24) is 14.9 Å². The van der Waals surface area contributed by atoms with E-state index in [-0.39, 0.29) is 23.0 Å². The zero-order valence-corrected chi connectivity index (χ0v) is 10.1. The van der Waals surface area contributed by atoms with Crippen molar-refractivity contribution in [3.8, 4) is 0 Å². The normalized spacial score (nSPS) is 23.3. The summed E-state index contributed by atoms with van der Waals surface area (Å²) in [5, 5.41) is 6.26. The molecule has 2 rings (SSSR count). The van der Waals surface area contributed by atoms with Crippen molar-refractivity contribution >= 4 is 10.0 Å². The van der Waals surface area contributed by atoms with Gasteiger partial charge in [0.1, 0.15) is 0 Å². The van der Waals surface area contributed by atoms with Gasteiger partial charge in [0, 0.05) is 18.2 Å². The van der Waals surface area contributed by atoms with E-state index in [1.807, 2.05) is 13.8 Å². The quantitative estimate of drug-likeness (QED) is 0.691. The van der Waals surface area contributed by atoms with Crippen LogP contribution in [-0.2, 0) is 16.6 Å². The molecule has 0 radical (unpaired) electrons. The number of hydrogen-bond acceptors (Lipinski definition) is 4. The highest BCUT2D eigenvalue weighted by Crippen LogP contribution is 2.45. The second-order valence-electron chi connectivity index (χ2n) is 4.80. The fourth-order valence-electron chi connectivity index (χ4n) is 1.59. The van der Waals surface area contributed by atoms with Crippen molar-refractivity contribution in [3.05, 3.63) is 11.8 Å². The third-order valence-electron chi connectivity index (χ3n) is 2.98. The number of nitrogens with two attached hydrogens (primary N) is 1. The van der Waals surface area contributed by atoms with Crippen molar-refractivity contribution < 1.29 is 8.42 Å². The number of sulfonamides is 1. The predicted octanol–water partition coefficient (Wildman–Crippen LogP) is -0.0548. The minimum absolute atomic E-state index is 0.00595. The largest absolute Gasteiger partial charge is 0.326 e. The van der Waals surface area contributed by atoms with Crippen LogP contribution in [0.3, 0.4) is 0 Å². The fraction of sp³-hybridized carbons (Fsp3) is 0.667. The van der Waals surface area contributed by atoms with Gasteiger partial charge in [-0.1, -0.05) is 13.8 Å². The highest BCUT2D eigenvalue weighted by molar-refractivity contribution is 7.89. The van der Waals surface area contributed by atoms with Crippen LogP contribution in [0.25, 0.3) is 0 Å². The molecule has 4 N–H and O–H groups in total. The molecule has 6 nitrogen and oxygen atoms in total. The number of nitrogens with zero attached hydrogens (tertiary/aromatic N) is 1. The molecule has 1 fully saturated rings. The van der Waals surface area contributed by atoms with Gasteiger partial charge in [0.05, 0.1) is 6.20 Å². The summed E-state index contributed by atoms with van der Waals surface area (Å²) < 4.78 is 26.6. The Morgan fingerprint density at radius 2 is 2.31 bits per heavy atom. The Balaban J connectivity index is 2.20. The summed E-state index contributed by atoms with van der Waals surface area (Å²) in [6.45, 7) is 4.20. The molecule has 7 heteroatoms. The highest BCUT2D eigenvalue weighted by atomic mass is 32.2. The average molecular weight is 244 g/mol. The first kappa shape index (κ1) is 11.6. The second kappa shape index (κ2) is 3.54. The van der Waals surface area contributed by atoms with Crippen molar-refractivity contribution in [2.75, 3.05) is 0 Å². The monoisotopic (exact) mass is 244 g/mol. The van der Waals surface area contributed by atoms with Gasteiger partial charge < -0.3 is 5.73 Å². The van der Waals surface area contributed by atoms with Crippen molar-refractivity contribution in [2.24, 2.45) is 11.1 Å². The number of rotatable bonds is 4. The molecule has 1 saturated carbocycles. The summed E-state index contributed by atoms with van der Waals surface area (Å²) in [6.07, 6.45) is 2.30. The zero-order chi connectivity index (χ0) is 12.0. The lowest BCUT2D eigenvalue weighted by Crippen LogP contribution is -2.29. The fourth-order valence-corrected chi connectivity index (χ4v) is 3.14. The molecule has 90 valence electrons. The SMILES string of the molecule is CC1(C)CC1NS(=O)(=O)c1[nH]ncc1CN. The summed E-state index contributed by atoms with van der Waals surface area (Å²) in [7, 11) is -3.52. The maximum absolute atomic E-state index is 12.0. The Kier molecular flexibility index (Phi) is 2.56. The van der Waals surface area contributed by atoms with Crippen LogP contribution in [0.4, 0.5) is 0 Å².